The number of aryl methyl sites for hydroxylation is 1. The van der Waals surface area contributed by atoms with E-state index < -0.39 is 0 Å². The van der Waals surface area contributed by atoms with Gasteiger partial charge < -0.3 is 24.8 Å². The van der Waals surface area contributed by atoms with E-state index in [2.05, 4.69) is 20.1 Å². The highest BCUT2D eigenvalue weighted by Crippen LogP contribution is 2.25. The van der Waals surface area contributed by atoms with Crippen molar-refractivity contribution in [3.8, 4) is 5.75 Å². The number of benzene rings is 1. The number of piperidine rings is 1. The number of carbonyl (C=O) groups excluding carboxylic acids is 1. The van der Waals surface area contributed by atoms with Gasteiger partial charge in [-0.15, -0.1) is 0 Å². The van der Waals surface area contributed by atoms with Crippen LogP contribution in [0.4, 0.5) is 22.2 Å². The van der Waals surface area contributed by atoms with E-state index >= 15 is 0 Å². The zero-order chi connectivity index (χ0) is 21.6. The van der Waals surface area contributed by atoms with Gasteiger partial charge >= 0.3 is 6.03 Å². The summed E-state index contributed by atoms with van der Waals surface area (Å²) in [6, 6.07) is 9.48. The number of piperazine rings is 1. The molecule has 8 nitrogen and oxygen atoms in total. The first-order valence-electron chi connectivity index (χ1n) is 11.3. The summed E-state index contributed by atoms with van der Waals surface area (Å²) in [5, 5.41) is 2.99. The maximum Gasteiger partial charge on any atom is 0.322 e. The molecule has 1 N–H and O–H groups in total. The average molecular weight is 425 g/mol. The van der Waals surface area contributed by atoms with Crippen LogP contribution >= 0.6 is 0 Å². The molecule has 2 fully saturated rings. The number of aromatic nitrogens is 2. The smallest absolute Gasteiger partial charge is 0.322 e. The molecular weight excluding hydrogens is 392 g/mol. The Morgan fingerprint density at radius 3 is 2.48 bits per heavy atom. The summed E-state index contributed by atoms with van der Waals surface area (Å²) in [7, 11) is 0. The number of carbonyl (C=O) groups is 1. The number of amides is 2. The molecule has 0 saturated carbocycles. The standard InChI is InChI=1S/C23H32N6O2/c1-3-31-20-10-6-5-9-19(20)25-23(30)29-15-13-27(14-16-29)21-17-18(2)24-22(26-21)28-11-7-4-8-12-28/h5-6,9-10,17H,3-4,7-8,11-16H2,1-2H3,(H,25,30). The molecule has 3 heterocycles. The first kappa shape index (κ1) is 21.2. The molecule has 2 amide bonds. The van der Waals surface area contributed by atoms with Crippen LogP contribution in [0.5, 0.6) is 5.75 Å². The molecule has 1 aromatic heterocycles. The van der Waals surface area contributed by atoms with Crippen LogP contribution in [-0.2, 0) is 0 Å². The fourth-order valence-electron chi connectivity index (χ4n) is 4.12. The SMILES string of the molecule is CCOc1ccccc1NC(=O)N1CCN(c2cc(C)nc(N3CCCCC3)n2)CC1. The summed E-state index contributed by atoms with van der Waals surface area (Å²) in [5.41, 5.74) is 1.69. The topological polar surface area (TPSA) is 73.8 Å². The van der Waals surface area contributed by atoms with E-state index in [1.54, 1.807) is 0 Å². The molecule has 2 aromatic rings. The summed E-state index contributed by atoms with van der Waals surface area (Å²) in [5.74, 6) is 2.48. The van der Waals surface area contributed by atoms with Crippen molar-refractivity contribution < 1.29 is 9.53 Å². The van der Waals surface area contributed by atoms with E-state index in [1.807, 2.05) is 49.1 Å². The van der Waals surface area contributed by atoms with Crippen molar-refractivity contribution in [1.29, 1.82) is 0 Å². The highest BCUT2D eigenvalue weighted by Gasteiger charge is 2.24. The van der Waals surface area contributed by atoms with Gasteiger partial charge in [0.25, 0.3) is 0 Å². The molecule has 0 unspecified atom stereocenters. The Bertz CT molecular complexity index is 891. The van der Waals surface area contributed by atoms with Gasteiger partial charge in [-0.3, -0.25) is 0 Å². The zero-order valence-corrected chi connectivity index (χ0v) is 18.5. The Morgan fingerprint density at radius 1 is 1.00 bits per heavy atom. The molecule has 2 aliphatic heterocycles. The van der Waals surface area contributed by atoms with Crippen molar-refractivity contribution in [3.05, 3.63) is 36.0 Å². The maximum absolute atomic E-state index is 12.8. The molecule has 166 valence electrons. The molecule has 0 radical (unpaired) electrons. The summed E-state index contributed by atoms with van der Waals surface area (Å²) >= 11 is 0. The van der Waals surface area contributed by atoms with Gasteiger partial charge in [-0.25, -0.2) is 9.78 Å². The van der Waals surface area contributed by atoms with Crippen molar-refractivity contribution in [1.82, 2.24) is 14.9 Å². The highest BCUT2D eigenvalue weighted by atomic mass is 16.5. The number of rotatable bonds is 5. The number of urea groups is 1. The molecule has 0 spiro atoms. The molecule has 2 saturated heterocycles. The van der Waals surface area contributed by atoms with E-state index in [4.69, 9.17) is 9.72 Å². The Labute approximate surface area is 184 Å². The Kier molecular flexibility index (Phi) is 6.74. The molecule has 2 aliphatic rings. The minimum atomic E-state index is -0.0975. The van der Waals surface area contributed by atoms with Crippen molar-refractivity contribution in [2.45, 2.75) is 33.1 Å². The highest BCUT2D eigenvalue weighted by molar-refractivity contribution is 5.91. The lowest BCUT2D eigenvalue weighted by atomic mass is 10.1. The molecular formula is C23H32N6O2. The van der Waals surface area contributed by atoms with Crippen LogP contribution < -0.4 is 19.9 Å². The normalized spacial score (nSPS) is 16.9. The van der Waals surface area contributed by atoms with Gasteiger partial charge in [0.2, 0.25) is 5.95 Å². The van der Waals surface area contributed by atoms with Gasteiger partial charge in [0, 0.05) is 51.0 Å². The number of ether oxygens (including phenoxy) is 1. The van der Waals surface area contributed by atoms with E-state index in [-0.39, 0.29) is 6.03 Å². The van der Waals surface area contributed by atoms with Crippen molar-refractivity contribution >= 4 is 23.5 Å². The maximum atomic E-state index is 12.8. The fraction of sp³-hybridized carbons (Fsp3) is 0.522. The van der Waals surface area contributed by atoms with Crippen LogP contribution in [-0.4, -0.2) is 66.8 Å². The molecule has 4 rings (SSSR count). The molecule has 8 heteroatoms. The second-order valence-corrected chi connectivity index (χ2v) is 8.05. The summed E-state index contributed by atoms with van der Waals surface area (Å²) in [4.78, 5) is 28.7. The third kappa shape index (κ3) is 5.18. The summed E-state index contributed by atoms with van der Waals surface area (Å²) in [6.45, 7) is 9.35. The zero-order valence-electron chi connectivity index (χ0n) is 18.5. The van der Waals surface area contributed by atoms with E-state index in [9.17, 15) is 4.79 Å². The predicted molar refractivity (Wildman–Crippen MR) is 123 cm³/mol. The van der Waals surface area contributed by atoms with Crippen LogP contribution in [0.1, 0.15) is 31.9 Å². The number of nitrogens with zero attached hydrogens (tertiary/aromatic N) is 5. The Morgan fingerprint density at radius 2 is 1.74 bits per heavy atom. The van der Waals surface area contributed by atoms with E-state index in [0.717, 1.165) is 43.6 Å². The van der Waals surface area contributed by atoms with E-state index in [1.165, 1.54) is 19.3 Å². The van der Waals surface area contributed by atoms with Gasteiger partial charge in [-0.1, -0.05) is 12.1 Å². The van der Waals surface area contributed by atoms with Gasteiger partial charge in [-0.05, 0) is 45.2 Å². The molecule has 0 aliphatic carbocycles. The minimum Gasteiger partial charge on any atom is -0.492 e. The fourth-order valence-corrected chi connectivity index (χ4v) is 4.12. The Hall–Kier alpha value is -3.03. The van der Waals surface area contributed by atoms with Crippen LogP contribution in [0.3, 0.4) is 0 Å². The molecule has 0 bridgehead atoms. The predicted octanol–water partition coefficient (Wildman–Crippen LogP) is 3.53. The monoisotopic (exact) mass is 424 g/mol. The lowest BCUT2D eigenvalue weighted by Gasteiger charge is -2.36. The third-order valence-electron chi connectivity index (χ3n) is 5.79. The third-order valence-corrected chi connectivity index (χ3v) is 5.79. The van der Waals surface area contributed by atoms with Gasteiger partial charge in [0.1, 0.15) is 11.6 Å². The van der Waals surface area contributed by atoms with Crippen molar-refractivity contribution in [2.24, 2.45) is 0 Å². The summed E-state index contributed by atoms with van der Waals surface area (Å²) < 4.78 is 5.61. The number of hydrogen-bond acceptors (Lipinski definition) is 6. The number of nitrogens with one attached hydrogen (secondary N) is 1. The number of anilines is 3. The van der Waals surface area contributed by atoms with Gasteiger partial charge in [0.05, 0.1) is 12.3 Å². The molecule has 31 heavy (non-hydrogen) atoms. The lowest BCUT2D eigenvalue weighted by molar-refractivity contribution is 0.208. The minimum absolute atomic E-state index is 0.0975. The van der Waals surface area contributed by atoms with Gasteiger partial charge in [0.15, 0.2) is 0 Å². The number of hydrogen-bond donors (Lipinski definition) is 1. The quantitative estimate of drug-likeness (QED) is 0.792. The average Bonchev–Trinajstić information content (AvgIpc) is 2.81. The largest absolute Gasteiger partial charge is 0.492 e. The second kappa shape index (κ2) is 9.85. The number of para-hydroxylation sites is 2. The first-order valence-corrected chi connectivity index (χ1v) is 11.3. The molecule has 0 atom stereocenters. The summed E-state index contributed by atoms with van der Waals surface area (Å²) in [6.07, 6.45) is 3.69. The second-order valence-electron chi connectivity index (χ2n) is 8.05. The molecule has 1 aromatic carbocycles. The van der Waals surface area contributed by atoms with Crippen molar-refractivity contribution in [2.75, 3.05) is 61.0 Å². The van der Waals surface area contributed by atoms with Gasteiger partial charge in [-0.2, -0.15) is 4.98 Å². The van der Waals surface area contributed by atoms with Crippen molar-refractivity contribution in [3.63, 3.8) is 0 Å². The first-order chi connectivity index (χ1) is 15.1. The van der Waals surface area contributed by atoms with Crippen LogP contribution in [0.25, 0.3) is 0 Å². The van der Waals surface area contributed by atoms with E-state index in [0.29, 0.717) is 31.1 Å². The van der Waals surface area contributed by atoms with Crippen LogP contribution in [0, 0.1) is 6.92 Å². The Balaban J connectivity index is 1.37. The lowest BCUT2D eigenvalue weighted by Crippen LogP contribution is -2.50. The van der Waals surface area contributed by atoms with Crippen LogP contribution in [0.2, 0.25) is 0 Å². The van der Waals surface area contributed by atoms with Crippen LogP contribution in [0.15, 0.2) is 30.3 Å².